The first-order valence-corrected chi connectivity index (χ1v) is 9.40. The normalized spacial score (nSPS) is 15.3. The maximum Gasteiger partial charge on any atom is 0.407 e. The van der Waals surface area contributed by atoms with Crippen molar-refractivity contribution in [2.75, 3.05) is 18.4 Å². The SMILES string of the molecule is C[C@@H](Nc1nc(C2=CCN(C(=O)O)CC2)ncc1Cl)c1ccc(Cl)cc1Cl. The number of amides is 1. The molecule has 6 nitrogen and oxygen atoms in total. The van der Waals surface area contributed by atoms with Crippen molar-refractivity contribution in [3.8, 4) is 0 Å². The van der Waals surface area contributed by atoms with Gasteiger partial charge in [-0.1, -0.05) is 46.9 Å². The molecule has 2 heterocycles. The van der Waals surface area contributed by atoms with Crippen LogP contribution in [0.5, 0.6) is 0 Å². The van der Waals surface area contributed by atoms with E-state index in [1.54, 1.807) is 12.1 Å². The van der Waals surface area contributed by atoms with Gasteiger partial charge in [-0.3, -0.25) is 0 Å². The number of benzene rings is 1. The number of carboxylic acid groups (broad SMARTS) is 1. The molecular weight excluding hydrogens is 411 g/mol. The molecule has 1 aliphatic rings. The number of halogens is 3. The highest BCUT2D eigenvalue weighted by Gasteiger charge is 2.19. The van der Waals surface area contributed by atoms with Crippen LogP contribution < -0.4 is 5.32 Å². The first-order valence-electron chi connectivity index (χ1n) is 8.26. The quantitative estimate of drug-likeness (QED) is 0.685. The Morgan fingerprint density at radius 2 is 2.07 bits per heavy atom. The van der Waals surface area contributed by atoms with E-state index in [1.165, 1.54) is 11.1 Å². The first kappa shape index (κ1) is 19.7. The van der Waals surface area contributed by atoms with E-state index in [-0.39, 0.29) is 6.04 Å². The number of hydrogen-bond acceptors (Lipinski definition) is 4. The molecule has 0 spiro atoms. The highest BCUT2D eigenvalue weighted by molar-refractivity contribution is 6.35. The molecule has 0 fully saturated rings. The Kier molecular flexibility index (Phi) is 6.09. The van der Waals surface area contributed by atoms with Crippen LogP contribution in [0.1, 0.15) is 30.8 Å². The lowest BCUT2D eigenvalue weighted by Gasteiger charge is -2.23. The third-order valence-electron chi connectivity index (χ3n) is 4.29. The van der Waals surface area contributed by atoms with Gasteiger partial charge in [-0.25, -0.2) is 14.8 Å². The second-order valence-corrected chi connectivity index (χ2v) is 7.38. The zero-order valence-electron chi connectivity index (χ0n) is 14.4. The first-order chi connectivity index (χ1) is 12.8. The fraction of sp³-hybridized carbons (Fsp3) is 0.278. The average Bonchev–Trinajstić information content (AvgIpc) is 2.63. The van der Waals surface area contributed by atoms with Crippen LogP contribution in [-0.4, -0.2) is 39.2 Å². The highest BCUT2D eigenvalue weighted by Crippen LogP contribution is 2.31. The molecule has 9 heteroatoms. The van der Waals surface area contributed by atoms with Gasteiger partial charge < -0.3 is 15.3 Å². The Morgan fingerprint density at radius 3 is 2.70 bits per heavy atom. The summed E-state index contributed by atoms with van der Waals surface area (Å²) in [6, 6.07) is 5.15. The molecule has 1 aliphatic heterocycles. The van der Waals surface area contributed by atoms with Gasteiger partial charge in [-0.05, 0) is 36.6 Å². The second-order valence-electron chi connectivity index (χ2n) is 6.13. The molecule has 1 aromatic heterocycles. The fourth-order valence-electron chi connectivity index (χ4n) is 2.80. The standard InChI is InChI=1S/C18H17Cl3N4O2/c1-10(13-3-2-12(19)8-14(13)20)23-17-15(21)9-22-16(24-17)11-4-6-25(7-5-11)18(26)27/h2-4,8-10H,5-7H2,1H3,(H,26,27)(H,22,23,24)/t10-/m1/s1. The van der Waals surface area contributed by atoms with Crippen molar-refractivity contribution >= 4 is 52.3 Å². The summed E-state index contributed by atoms with van der Waals surface area (Å²) in [5.41, 5.74) is 1.76. The van der Waals surface area contributed by atoms with Crippen LogP contribution in [0.15, 0.2) is 30.5 Å². The summed E-state index contributed by atoms with van der Waals surface area (Å²) in [5.74, 6) is 1.02. The number of aromatic nitrogens is 2. The number of carbonyl (C=O) groups is 1. The van der Waals surface area contributed by atoms with E-state index in [2.05, 4.69) is 15.3 Å². The molecule has 3 rings (SSSR count). The molecule has 142 valence electrons. The van der Waals surface area contributed by atoms with Crippen LogP contribution >= 0.6 is 34.8 Å². The van der Waals surface area contributed by atoms with Gasteiger partial charge in [0.1, 0.15) is 10.8 Å². The van der Waals surface area contributed by atoms with Gasteiger partial charge in [0, 0.05) is 23.1 Å². The van der Waals surface area contributed by atoms with E-state index in [4.69, 9.17) is 39.9 Å². The van der Waals surface area contributed by atoms with Crippen molar-refractivity contribution in [3.05, 3.63) is 56.9 Å². The van der Waals surface area contributed by atoms with Crippen LogP contribution in [-0.2, 0) is 0 Å². The third kappa shape index (κ3) is 4.64. The van der Waals surface area contributed by atoms with E-state index in [0.29, 0.717) is 46.2 Å². The van der Waals surface area contributed by atoms with Gasteiger partial charge >= 0.3 is 6.09 Å². The minimum atomic E-state index is -0.932. The van der Waals surface area contributed by atoms with Gasteiger partial charge in [0.05, 0.1) is 12.2 Å². The lowest BCUT2D eigenvalue weighted by Crippen LogP contribution is -2.33. The molecule has 2 aromatic rings. The fourth-order valence-corrected chi connectivity index (χ4v) is 3.52. The molecule has 0 bridgehead atoms. The molecule has 0 radical (unpaired) electrons. The van der Waals surface area contributed by atoms with Crippen molar-refractivity contribution in [3.63, 3.8) is 0 Å². The van der Waals surface area contributed by atoms with Gasteiger partial charge in [0.2, 0.25) is 0 Å². The topological polar surface area (TPSA) is 78.4 Å². The van der Waals surface area contributed by atoms with Crippen LogP contribution in [0, 0.1) is 0 Å². The maximum absolute atomic E-state index is 11.0. The lowest BCUT2D eigenvalue weighted by molar-refractivity contribution is 0.150. The summed E-state index contributed by atoms with van der Waals surface area (Å²) in [5, 5.41) is 13.8. The number of anilines is 1. The largest absolute Gasteiger partial charge is 0.465 e. The number of hydrogen-bond donors (Lipinski definition) is 2. The third-order valence-corrected chi connectivity index (χ3v) is 5.13. The van der Waals surface area contributed by atoms with Crippen LogP contribution in [0.3, 0.4) is 0 Å². The monoisotopic (exact) mass is 426 g/mol. The predicted octanol–water partition coefficient (Wildman–Crippen LogP) is 5.38. The summed E-state index contributed by atoms with van der Waals surface area (Å²) in [4.78, 5) is 21.2. The van der Waals surface area contributed by atoms with E-state index in [9.17, 15) is 4.79 Å². The zero-order chi connectivity index (χ0) is 19.6. The molecule has 0 saturated carbocycles. The average molecular weight is 428 g/mol. The van der Waals surface area contributed by atoms with E-state index < -0.39 is 6.09 Å². The predicted molar refractivity (Wildman–Crippen MR) is 108 cm³/mol. The molecule has 0 aliphatic carbocycles. The van der Waals surface area contributed by atoms with Crippen molar-refractivity contribution in [2.45, 2.75) is 19.4 Å². The molecule has 1 amide bonds. The van der Waals surface area contributed by atoms with Crippen LogP contribution in [0.4, 0.5) is 10.6 Å². The summed E-state index contributed by atoms with van der Waals surface area (Å²) in [6.45, 7) is 2.67. The van der Waals surface area contributed by atoms with Gasteiger partial charge in [-0.15, -0.1) is 0 Å². The van der Waals surface area contributed by atoms with Gasteiger partial charge in [0.25, 0.3) is 0 Å². The Hall–Kier alpha value is -2.02. The Bertz CT molecular complexity index is 904. The smallest absolute Gasteiger partial charge is 0.407 e. The van der Waals surface area contributed by atoms with Crippen molar-refractivity contribution in [1.82, 2.24) is 14.9 Å². The lowest BCUT2D eigenvalue weighted by atomic mass is 10.1. The number of nitrogens with zero attached hydrogens (tertiary/aromatic N) is 3. The number of nitrogens with one attached hydrogen (secondary N) is 1. The van der Waals surface area contributed by atoms with E-state index in [1.807, 2.05) is 19.1 Å². The Balaban J connectivity index is 1.80. The van der Waals surface area contributed by atoms with Crippen molar-refractivity contribution in [2.24, 2.45) is 0 Å². The van der Waals surface area contributed by atoms with E-state index >= 15 is 0 Å². The zero-order valence-corrected chi connectivity index (χ0v) is 16.7. The molecule has 1 aromatic carbocycles. The maximum atomic E-state index is 11.0. The molecular formula is C18H17Cl3N4O2. The summed E-state index contributed by atoms with van der Waals surface area (Å²) in [7, 11) is 0. The number of rotatable bonds is 4. The molecule has 27 heavy (non-hydrogen) atoms. The minimum absolute atomic E-state index is 0.155. The molecule has 2 N–H and O–H groups in total. The minimum Gasteiger partial charge on any atom is -0.465 e. The summed E-state index contributed by atoms with van der Waals surface area (Å²) in [6.07, 6.45) is 2.97. The van der Waals surface area contributed by atoms with Gasteiger partial charge in [0.15, 0.2) is 5.82 Å². The molecule has 1 atom stereocenters. The Morgan fingerprint density at radius 1 is 1.30 bits per heavy atom. The molecule has 0 unspecified atom stereocenters. The Labute approximate surface area is 171 Å². The van der Waals surface area contributed by atoms with Gasteiger partial charge in [-0.2, -0.15) is 0 Å². The van der Waals surface area contributed by atoms with Crippen LogP contribution in [0.2, 0.25) is 15.1 Å². The van der Waals surface area contributed by atoms with Crippen molar-refractivity contribution < 1.29 is 9.90 Å². The van der Waals surface area contributed by atoms with E-state index in [0.717, 1.165) is 11.1 Å². The van der Waals surface area contributed by atoms with Crippen molar-refractivity contribution in [1.29, 1.82) is 0 Å². The second kappa shape index (κ2) is 8.33. The summed E-state index contributed by atoms with van der Waals surface area (Å²) < 4.78 is 0. The highest BCUT2D eigenvalue weighted by atomic mass is 35.5. The van der Waals surface area contributed by atoms with Crippen LogP contribution in [0.25, 0.3) is 5.57 Å². The molecule has 0 saturated heterocycles. The summed E-state index contributed by atoms with van der Waals surface area (Å²) >= 11 is 18.5.